The third-order valence-electron chi connectivity index (χ3n) is 3.04. The third kappa shape index (κ3) is 4.46. The van der Waals surface area contributed by atoms with Crippen molar-refractivity contribution in [3.63, 3.8) is 0 Å². The maximum absolute atomic E-state index is 11.5. The van der Waals surface area contributed by atoms with E-state index < -0.39 is 5.97 Å². The second-order valence-electron chi connectivity index (χ2n) is 4.57. The van der Waals surface area contributed by atoms with Gasteiger partial charge in [0.1, 0.15) is 5.75 Å². The predicted octanol–water partition coefficient (Wildman–Crippen LogP) is 4.06. The lowest BCUT2D eigenvalue weighted by molar-refractivity contribution is 0.0600. The van der Waals surface area contributed by atoms with Gasteiger partial charge < -0.3 is 13.9 Å². The number of oxazole rings is 1. The number of hydrogen-bond donors (Lipinski definition) is 0. The Balaban J connectivity index is 0.000000477. The Morgan fingerprint density at radius 1 is 1.35 bits per heavy atom. The van der Waals surface area contributed by atoms with Gasteiger partial charge in [-0.1, -0.05) is 13.8 Å². The molecule has 1 saturated carbocycles. The first kappa shape index (κ1) is 18.5. The molecule has 1 fully saturated rings. The van der Waals surface area contributed by atoms with Crippen LogP contribution in [0.1, 0.15) is 55.8 Å². The van der Waals surface area contributed by atoms with E-state index in [1.807, 2.05) is 13.8 Å². The van der Waals surface area contributed by atoms with Crippen LogP contribution in [0.25, 0.3) is 11.1 Å². The van der Waals surface area contributed by atoms with Crippen LogP contribution in [-0.4, -0.2) is 25.2 Å². The number of carbonyl (C=O) groups excluding carboxylic acids is 1. The molecule has 0 aliphatic heterocycles. The quantitative estimate of drug-likeness (QED) is 0.793. The summed E-state index contributed by atoms with van der Waals surface area (Å²) in [7, 11) is 2.89. The molecule has 0 saturated heterocycles. The number of hydrogen-bond acceptors (Lipinski definition) is 6. The van der Waals surface area contributed by atoms with Crippen LogP contribution < -0.4 is 4.74 Å². The molecular formula is C17H22N2O4. The highest BCUT2D eigenvalue weighted by molar-refractivity contribution is 5.95. The van der Waals surface area contributed by atoms with Crippen molar-refractivity contribution in [3.8, 4) is 11.8 Å². The van der Waals surface area contributed by atoms with Gasteiger partial charge in [0.05, 0.1) is 25.9 Å². The SMILES string of the molecule is CC.CC#N.COC(=O)c1cc(OC)c2nc(C3CC3)oc2c1. The summed E-state index contributed by atoms with van der Waals surface area (Å²) in [4.78, 5) is 16.0. The first-order valence-corrected chi connectivity index (χ1v) is 7.52. The second-order valence-corrected chi connectivity index (χ2v) is 4.57. The predicted molar refractivity (Wildman–Crippen MR) is 86.5 cm³/mol. The van der Waals surface area contributed by atoms with E-state index in [2.05, 4.69) is 4.98 Å². The molecule has 3 rings (SSSR count). The Morgan fingerprint density at radius 3 is 2.43 bits per heavy atom. The van der Waals surface area contributed by atoms with Gasteiger partial charge in [-0.15, -0.1) is 0 Å². The van der Waals surface area contributed by atoms with Crippen molar-refractivity contribution in [2.45, 2.75) is 39.5 Å². The summed E-state index contributed by atoms with van der Waals surface area (Å²) in [6.07, 6.45) is 2.22. The van der Waals surface area contributed by atoms with E-state index in [4.69, 9.17) is 19.2 Å². The molecule has 6 heteroatoms. The maximum Gasteiger partial charge on any atom is 0.338 e. The first-order valence-electron chi connectivity index (χ1n) is 7.52. The van der Waals surface area contributed by atoms with Crippen molar-refractivity contribution in [1.82, 2.24) is 4.98 Å². The summed E-state index contributed by atoms with van der Waals surface area (Å²) in [5, 5.41) is 7.32. The average Bonchev–Trinajstić information content (AvgIpc) is 3.34. The van der Waals surface area contributed by atoms with Crippen LogP contribution in [0.4, 0.5) is 0 Å². The van der Waals surface area contributed by atoms with Gasteiger partial charge in [-0.05, 0) is 25.0 Å². The van der Waals surface area contributed by atoms with Crippen LogP contribution in [0.3, 0.4) is 0 Å². The summed E-state index contributed by atoms with van der Waals surface area (Å²) >= 11 is 0. The minimum atomic E-state index is -0.417. The van der Waals surface area contributed by atoms with Crippen LogP contribution in [0, 0.1) is 11.3 Å². The number of nitriles is 1. The Bertz CT molecular complexity index is 696. The lowest BCUT2D eigenvalue weighted by Crippen LogP contribution is -2.01. The van der Waals surface area contributed by atoms with Crippen LogP contribution in [0.5, 0.6) is 5.75 Å². The molecule has 1 aliphatic carbocycles. The molecule has 124 valence electrons. The number of ether oxygens (including phenoxy) is 2. The van der Waals surface area contributed by atoms with E-state index in [1.54, 1.807) is 25.3 Å². The molecule has 1 aromatic carbocycles. The Morgan fingerprint density at radius 2 is 1.96 bits per heavy atom. The summed E-state index contributed by atoms with van der Waals surface area (Å²) in [5.41, 5.74) is 1.63. The van der Waals surface area contributed by atoms with Crippen molar-refractivity contribution in [2.75, 3.05) is 14.2 Å². The topological polar surface area (TPSA) is 85.3 Å². The number of aromatic nitrogens is 1. The monoisotopic (exact) mass is 318 g/mol. The van der Waals surface area contributed by atoms with Gasteiger partial charge >= 0.3 is 5.97 Å². The lowest BCUT2D eigenvalue weighted by Gasteiger charge is -2.03. The van der Waals surface area contributed by atoms with Gasteiger partial charge in [-0.3, -0.25) is 0 Å². The molecule has 6 nitrogen and oxygen atoms in total. The molecule has 0 spiro atoms. The summed E-state index contributed by atoms with van der Waals surface area (Å²) < 4.78 is 15.6. The Hall–Kier alpha value is -2.55. The van der Waals surface area contributed by atoms with Gasteiger partial charge in [0.25, 0.3) is 0 Å². The summed E-state index contributed by atoms with van der Waals surface area (Å²) in [5.74, 6) is 1.26. The zero-order valence-corrected chi connectivity index (χ0v) is 14.2. The molecule has 0 N–H and O–H groups in total. The highest BCUT2D eigenvalue weighted by atomic mass is 16.5. The van der Waals surface area contributed by atoms with Gasteiger partial charge in [-0.2, -0.15) is 5.26 Å². The number of nitrogens with zero attached hydrogens (tertiary/aromatic N) is 2. The molecule has 0 bridgehead atoms. The molecule has 2 aromatic rings. The number of esters is 1. The molecule has 0 radical (unpaired) electrons. The Kier molecular flexibility index (Phi) is 7.07. The molecule has 0 atom stereocenters. The summed E-state index contributed by atoms with van der Waals surface area (Å²) in [6, 6.07) is 5.01. The minimum Gasteiger partial charge on any atom is -0.494 e. The summed E-state index contributed by atoms with van der Waals surface area (Å²) in [6.45, 7) is 5.43. The Labute approximate surface area is 136 Å². The van der Waals surface area contributed by atoms with Gasteiger partial charge in [0, 0.05) is 12.8 Å². The maximum atomic E-state index is 11.5. The highest BCUT2D eigenvalue weighted by Crippen LogP contribution is 2.41. The number of rotatable bonds is 3. The van der Waals surface area contributed by atoms with E-state index in [-0.39, 0.29) is 0 Å². The van der Waals surface area contributed by atoms with Crippen LogP contribution in [0.15, 0.2) is 16.5 Å². The normalized spacial score (nSPS) is 12.2. The van der Waals surface area contributed by atoms with E-state index >= 15 is 0 Å². The molecule has 23 heavy (non-hydrogen) atoms. The van der Waals surface area contributed by atoms with E-state index in [9.17, 15) is 4.79 Å². The van der Waals surface area contributed by atoms with Crippen LogP contribution >= 0.6 is 0 Å². The smallest absolute Gasteiger partial charge is 0.338 e. The fourth-order valence-corrected chi connectivity index (χ4v) is 1.91. The zero-order chi connectivity index (χ0) is 17.4. The molecule has 0 amide bonds. The van der Waals surface area contributed by atoms with Crippen LogP contribution in [0.2, 0.25) is 0 Å². The van der Waals surface area contributed by atoms with E-state index in [0.29, 0.717) is 28.3 Å². The highest BCUT2D eigenvalue weighted by Gasteiger charge is 2.29. The van der Waals surface area contributed by atoms with Crippen molar-refractivity contribution < 1.29 is 18.7 Å². The number of benzene rings is 1. The number of methoxy groups -OCH3 is 2. The zero-order valence-electron chi connectivity index (χ0n) is 14.2. The van der Waals surface area contributed by atoms with Crippen molar-refractivity contribution in [3.05, 3.63) is 23.6 Å². The van der Waals surface area contributed by atoms with E-state index in [0.717, 1.165) is 18.7 Å². The molecule has 1 aliphatic rings. The van der Waals surface area contributed by atoms with Crippen molar-refractivity contribution in [2.24, 2.45) is 0 Å². The van der Waals surface area contributed by atoms with Crippen molar-refractivity contribution >= 4 is 17.1 Å². The van der Waals surface area contributed by atoms with Crippen LogP contribution in [-0.2, 0) is 4.74 Å². The average molecular weight is 318 g/mol. The molecular weight excluding hydrogens is 296 g/mol. The fraction of sp³-hybridized carbons (Fsp3) is 0.471. The number of carbonyl (C=O) groups is 1. The third-order valence-corrected chi connectivity index (χ3v) is 3.04. The number of fused-ring (bicyclic) bond motifs is 1. The minimum absolute atomic E-state index is 0.403. The van der Waals surface area contributed by atoms with Crippen molar-refractivity contribution in [1.29, 1.82) is 5.26 Å². The molecule has 1 aromatic heterocycles. The molecule has 0 unspecified atom stereocenters. The second kappa shape index (κ2) is 8.79. The van der Waals surface area contributed by atoms with Gasteiger partial charge in [-0.25, -0.2) is 9.78 Å². The largest absolute Gasteiger partial charge is 0.494 e. The fourth-order valence-electron chi connectivity index (χ4n) is 1.91. The van der Waals surface area contributed by atoms with Gasteiger partial charge in [0.2, 0.25) is 0 Å². The van der Waals surface area contributed by atoms with Gasteiger partial charge in [0.15, 0.2) is 17.0 Å². The lowest BCUT2D eigenvalue weighted by atomic mass is 10.2. The first-order chi connectivity index (χ1) is 11.1. The van der Waals surface area contributed by atoms with E-state index in [1.165, 1.54) is 14.0 Å². The molecule has 1 heterocycles. The standard InChI is InChI=1S/C13H13NO4.C2H3N.C2H6/c1-16-9-5-8(13(15)17-2)6-10-11(9)14-12(18-10)7-3-4-7;1-2-3;1-2/h5-7H,3-4H2,1-2H3;1H3;1-2H3.